The number of hydrogen-bond donors (Lipinski definition) is 0. The number of aryl methyl sites for hydroxylation is 2. The van der Waals surface area contributed by atoms with Gasteiger partial charge in [0.25, 0.3) is 0 Å². The highest BCUT2D eigenvalue weighted by molar-refractivity contribution is 5.94. The summed E-state index contributed by atoms with van der Waals surface area (Å²) in [6.45, 7) is 4.81. The molecule has 0 saturated carbocycles. The van der Waals surface area contributed by atoms with Crippen molar-refractivity contribution in [2.45, 2.75) is 26.7 Å². The van der Waals surface area contributed by atoms with E-state index in [1.807, 2.05) is 26.0 Å². The Labute approximate surface area is 83.8 Å². The van der Waals surface area contributed by atoms with Crippen molar-refractivity contribution in [2.24, 2.45) is 0 Å². The molecule has 1 aromatic rings. The van der Waals surface area contributed by atoms with Gasteiger partial charge in [-0.2, -0.15) is 0 Å². The lowest BCUT2D eigenvalue weighted by atomic mass is 10.2. The highest BCUT2D eigenvalue weighted by Gasteiger charge is 2.22. The molecule has 2 heterocycles. The van der Waals surface area contributed by atoms with Gasteiger partial charge in [-0.1, -0.05) is 6.07 Å². The molecule has 1 aliphatic rings. The molecule has 0 radical (unpaired) electrons. The summed E-state index contributed by atoms with van der Waals surface area (Å²) in [5.41, 5.74) is 2.17. The van der Waals surface area contributed by atoms with Crippen molar-refractivity contribution in [2.75, 3.05) is 11.4 Å². The maximum atomic E-state index is 11.5. The van der Waals surface area contributed by atoms with Crippen LogP contribution in [0, 0.1) is 13.8 Å². The van der Waals surface area contributed by atoms with E-state index in [0.29, 0.717) is 6.42 Å². The van der Waals surface area contributed by atoms with Crippen molar-refractivity contribution in [3.63, 3.8) is 0 Å². The van der Waals surface area contributed by atoms with Crippen LogP contribution in [0.5, 0.6) is 0 Å². The molecular formula is C11H14N2O. The van der Waals surface area contributed by atoms with Gasteiger partial charge in [-0.25, -0.2) is 4.98 Å². The molecule has 3 nitrogen and oxygen atoms in total. The first-order chi connectivity index (χ1) is 6.68. The maximum absolute atomic E-state index is 11.5. The molecular weight excluding hydrogens is 176 g/mol. The zero-order chi connectivity index (χ0) is 10.1. The first kappa shape index (κ1) is 9.19. The van der Waals surface area contributed by atoms with Crippen LogP contribution in [0.15, 0.2) is 12.1 Å². The van der Waals surface area contributed by atoms with Crippen molar-refractivity contribution >= 4 is 11.7 Å². The SMILES string of the molecule is Cc1ccc(N2CCCC2=O)nc1C. The Bertz CT molecular complexity index is 374. The van der Waals surface area contributed by atoms with Crippen LogP contribution in [0.4, 0.5) is 5.82 Å². The fraction of sp³-hybridized carbons (Fsp3) is 0.455. The largest absolute Gasteiger partial charge is 0.297 e. The van der Waals surface area contributed by atoms with Gasteiger partial charge in [-0.05, 0) is 31.9 Å². The van der Waals surface area contributed by atoms with Crippen LogP contribution in [0.3, 0.4) is 0 Å². The molecule has 1 saturated heterocycles. The third kappa shape index (κ3) is 1.50. The Kier molecular flexibility index (Phi) is 2.23. The molecule has 0 aliphatic carbocycles. The van der Waals surface area contributed by atoms with E-state index in [4.69, 9.17) is 0 Å². The van der Waals surface area contributed by atoms with Crippen molar-refractivity contribution in [1.82, 2.24) is 4.98 Å². The Morgan fingerprint density at radius 2 is 2.14 bits per heavy atom. The van der Waals surface area contributed by atoms with Crippen LogP contribution in [-0.2, 0) is 4.79 Å². The van der Waals surface area contributed by atoms with E-state index >= 15 is 0 Å². The lowest BCUT2D eigenvalue weighted by molar-refractivity contribution is -0.117. The highest BCUT2D eigenvalue weighted by Crippen LogP contribution is 2.20. The molecule has 3 heteroatoms. The molecule has 0 bridgehead atoms. The topological polar surface area (TPSA) is 33.2 Å². The molecule has 0 aromatic carbocycles. The van der Waals surface area contributed by atoms with E-state index in [9.17, 15) is 4.79 Å². The normalized spacial score (nSPS) is 16.4. The monoisotopic (exact) mass is 190 g/mol. The highest BCUT2D eigenvalue weighted by atomic mass is 16.2. The summed E-state index contributed by atoms with van der Waals surface area (Å²) in [7, 11) is 0. The predicted molar refractivity (Wildman–Crippen MR) is 55.3 cm³/mol. The van der Waals surface area contributed by atoms with Gasteiger partial charge in [0, 0.05) is 18.7 Å². The predicted octanol–water partition coefficient (Wildman–Crippen LogP) is 1.83. The zero-order valence-corrected chi connectivity index (χ0v) is 8.58. The van der Waals surface area contributed by atoms with Gasteiger partial charge in [0.2, 0.25) is 5.91 Å². The molecule has 0 N–H and O–H groups in total. The number of carbonyl (C=O) groups is 1. The second-order valence-electron chi connectivity index (χ2n) is 3.72. The van der Waals surface area contributed by atoms with Gasteiger partial charge < -0.3 is 0 Å². The molecule has 1 fully saturated rings. The lowest BCUT2D eigenvalue weighted by Gasteiger charge is -2.15. The zero-order valence-electron chi connectivity index (χ0n) is 8.58. The van der Waals surface area contributed by atoms with E-state index in [0.717, 1.165) is 24.5 Å². The number of amides is 1. The lowest BCUT2D eigenvalue weighted by Crippen LogP contribution is -2.24. The van der Waals surface area contributed by atoms with Gasteiger partial charge in [-0.3, -0.25) is 9.69 Å². The summed E-state index contributed by atoms with van der Waals surface area (Å²) < 4.78 is 0. The third-order valence-corrected chi connectivity index (χ3v) is 2.69. The Morgan fingerprint density at radius 3 is 2.71 bits per heavy atom. The molecule has 1 amide bonds. The summed E-state index contributed by atoms with van der Waals surface area (Å²) in [5, 5.41) is 0. The first-order valence-corrected chi connectivity index (χ1v) is 4.93. The number of hydrogen-bond acceptors (Lipinski definition) is 2. The van der Waals surface area contributed by atoms with E-state index in [2.05, 4.69) is 4.98 Å². The Morgan fingerprint density at radius 1 is 1.36 bits per heavy atom. The molecule has 1 aliphatic heterocycles. The second kappa shape index (κ2) is 3.40. The fourth-order valence-electron chi connectivity index (χ4n) is 1.66. The van der Waals surface area contributed by atoms with Crippen molar-refractivity contribution in [1.29, 1.82) is 0 Å². The molecule has 14 heavy (non-hydrogen) atoms. The van der Waals surface area contributed by atoms with Gasteiger partial charge in [-0.15, -0.1) is 0 Å². The smallest absolute Gasteiger partial charge is 0.228 e. The minimum absolute atomic E-state index is 0.195. The summed E-state index contributed by atoms with van der Waals surface area (Å²) >= 11 is 0. The van der Waals surface area contributed by atoms with Crippen LogP contribution in [0.2, 0.25) is 0 Å². The number of nitrogens with zero attached hydrogens (tertiary/aromatic N) is 2. The number of aromatic nitrogens is 1. The number of carbonyl (C=O) groups excluding carboxylic acids is 1. The van der Waals surface area contributed by atoms with Crippen LogP contribution in [-0.4, -0.2) is 17.4 Å². The average molecular weight is 190 g/mol. The van der Waals surface area contributed by atoms with Crippen molar-refractivity contribution in [3.05, 3.63) is 23.4 Å². The molecule has 2 rings (SSSR count). The molecule has 1 aromatic heterocycles. The summed E-state index contributed by atoms with van der Waals surface area (Å²) in [4.78, 5) is 17.6. The van der Waals surface area contributed by atoms with Gasteiger partial charge in [0.1, 0.15) is 5.82 Å². The molecule has 0 unspecified atom stereocenters. The Hall–Kier alpha value is -1.38. The second-order valence-corrected chi connectivity index (χ2v) is 3.72. The van der Waals surface area contributed by atoms with E-state index in [1.54, 1.807) is 4.90 Å². The number of anilines is 1. The fourth-order valence-corrected chi connectivity index (χ4v) is 1.66. The minimum Gasteiger partial charge on any atom is -0.297 e. The average Bonchev–Trinajstić information content (AvgIpc) is 2.57. The van der Waals surface area contributed by atoms with Crippen molar-refractivity contribution in [3.8, 4) is 0 Å². The van der Waals surface area contributed by atoms with Gasteiger partial charge >= 0.3 is 0 Å². The summed E-state index contributed by atoms with van der Waals surface area (Å²) in [5.74, 6) is 0.997. The van der Waals surface area contributed by atoms with E-state index in [-0.39, 0.29) is 5.91 Å². The van der Waals surface area contributed by atoms with Gasteiger partial charge in [0.15, 0.2) is 0 Å². The molecule has 0 spiro atoms. The number of pyridine rings is 1. The minimum atomic E-state index is 0.195. The van der Waals surface area contributed by atoms with Crippen LogP contribution in [0.25, 0.3) is 0 Å². The van der Waals surface area contributed by atoms with Crippen LogP contribution < -0.4 is 4.90 Å². The summed E-state index contributed by atoms with van der Waals surface area (Å²) in [6, 6.07) is 3.94. The van der Waals surface area contributed by atoms with Crippen LogP contribution >= 0.6 is 0 Å². The molecule has 0 atom stereocenters. The quantitative estimate of drug-likeness (QED) is 0.676. The maximum Gasteiger partial charge on any atom is 0.228 e. The summed E-state index contributed by atoms with van der Waals surface area (Å²) in [6.07, 6.45) is 1.61. The number of rotatable bonds is 1. The van der Waals surface area contributed by atoms with E-state index in [1.165, 1.54) is 5.56 Å². The van der Waals surface area contributed by atoms with Crippen LogP contribution in [0.1, 0.15) is 24.1 Å². The van der Waals surface area contributed by atoms with Crippen molar-refractivity contribution < 1.29 is 4.79 Å². The van der Waals surface area contributed by atoms with E-state index < -0.39 is 0 Å². The standard InChI is InChI=1S/C11H14N2O/c1-8-5-6-10(12-9(8)2)13-7-3-4-11(13)14/h5-6H,3-4,7H2,1-2H3. The third-order valence-electron chi connectivity index (χ3n) is 2.69. The first-order valence-electron chi connectivity index (χ1n) is 4.93. The van der Waals surface area contributed by atoms with Gasteiger partial charge in [0.05, 0.1) is 0 Å². The molecule has 74 valence electrons. The Balaban J connectivity index is 2.32.